The Kier molecular flexibility index (Phi) is 3.88. The number of aromatic hydroxyl groups is 1. The van der Waals surface area contributed by atoms with E-state index < -0.39 is 0 Å². The predicted molar refractivity (Wildman–Crippen MR) is 94.3 cm³/mol. The van der Waals surface area contributed by atoms with E-state index in [1.165, 1.54) is 0 Å². The van der Waals surface area contributed by atoms with Gasteiger partial charge in [0.15, 0.2) is 0 Å². The lowest BCUT2D eigenvalue weighted by Crippen LogP contribution is -1.98. The number of rotatable bonds is 4. The molecule has 118 valence electrons. The van der Waals surface area contributed by atoms with Gasteiger partial charge in [-0.1, -0.05) is 60.3 Å². The number of benzene rings is 3. The maximum Gasteiger partial charge on any atom is 0.214 e. The molecule has 0 unspecified atom stereocenters. The molecule has 4 rings (SSSR count). The van der Waals surface area contributed by atoms with Crippen molar-refractivity contribution < 1.29 is 5.11 Å². The molecule has 1 heterocycles. The molecule has 0 saturated heterocycles. The van der Waals surface area contributed by atoms with Gasteiger partial charge in [-0.15, -0.1) is 5.10 Å². The average Bonchev–Trinajstić information content (AvgIpc) is 3.11. The summed E-state index contributed by atoms with van der Waals surface area (Å²) in [5.74, 6) is 1.02. The Balaban J connectivity index is 1.63. The van der Waals surface area contributed by atoms with Crippen molar-refractivity contribution in [3.63, 3.8) is 0 Å². The van der Waals surface area contributed by atoms with E-state index in [1.807, 2.05) is 60.7 Å². The van der Waals surface area contributed by atoms with Gasteiger partial charge in [-0.25, -0.2) is 0 Å². The summed E-state index contributed by atoms with van der Waals surface area (Å²) in [5.41, 5.74) is 2.07. The molecule has 3 aromatic carbocycles. The van der Waals surface area contributed by atoms with Gasteiger partial charge in [0, 0.05) is 11.1 Å². The van der Waals surface area contributed by atoms with E-state index in [-0.39, 0.29) is 0 Å². The van der Waals surface area contributed by atoms with Crippen LogP contribution in [-0.4, -0.2) is 25.3 Å². The minimum Gasteiger partial charge on any atom is -0.507 e. The first-order valence-electron chi connectivity index (χ1n) is 7.49. The van der Waals surface area contributed by atoms with Crippen LogP contribution in [0.2, 0.25) is 0 Å². The minimum atomic E-state index is 0.300. The number of tetrazole rings is 1. The number of thioether (sulfide) groups is 1. The maximum atomic E-state index is 10.00. The first-order valence-corrected chi connectivity index (χ1v) is 8.48. The summed E-state index contributed by atoms with van der Waals surface area (Å²) in [4.78, 5) is 0. The van der Waals surface area contributed by atoms with Crippen LogP contribution in [0, 0.1) is 0 Å². The minimum absolute atomic E-state index is 0.300. The third-order valence-corrected chi connectivity index (χ3v) is 4.76. The van der Waals surface area contributed by atoms with Crippen LogP contribution in [0.25, 0.3) is 16.5 Å². The Morgan fingerprint density at radius 1 is 0.875 bits per heavy atom. The summed E-state index contributed by atoms with van der Waals surface area (Å²) in [6.07, 6.45) is 0. The lowest BCUT2D eigenvalue weighted by molar-refractivity contribution is 0.481. The van der Waals surface area contributed by atoms with Crippen LogP contribution in [0.1, 0.15) is 5.56 Å². The molecule has 5 nitrogen and oxygen atoms in total. The molecule has 0 aliphatic rings. The normalized spacial score (nSPS) is 11.0. The number of hydrogen-bond acceptors (Lipinski definition) is 5. The van der Waals surface area contributed by atoms with Crippen molar-refractivity contribution in [1.82, 2.24) is 20.2 Å². The fourth-order valence-corrected chi connectivity index (χ4v) is 3.51. The number of phenolic OH excluding ortho intramolecular Hbond substituents is 1. The Morgan fingerprint density at radius 3 is 2.46 bits per heavy atom. The zero-order chi connectivity index (χ0) is 16.4. The highest BCUT2D eigenvalue weighted by Gasteiger charge is 2.11. The molecular formula is C18H14N4OS. The molecule has 4 aromatic rings. The smallest absolute Gasteiger partial charge is 0.214 e. The summed E-state index contributed by atoms with van der Waals surface area (Å²) in [5, 5.41) is 24.6. The SMILES string of the molecule is Oc1ccc(CSc2nnnn2-c2ccccc2)c2ccccc12. The molecule has 1 N–H and O–H groups in total. The summed E-state index contributed by atoms with van der Waals surface area (Å²) in [7, 11) is 0. The number of aromatic nitrogens is 4. The molecule has 1 aromatic heterocycles. The van der Waals surface area contributed by atoms with Crippen molar-refractivity contribution >= 4 is 22.5 Å². The van der Waals surface area contributed by atoms with Crippen molar-refractivity contribution in [2.75, 3.05) is 0 Å². The fraction of sp³-hybridized carbons (Fsp3) is 0.0556. The van der Waals surface area contributed by atoms with E-state index in [2.05, 4.69) is 15.5 Å². The number of phenols is 1. The molecule has 0 saturated carbocycles. The fourth-order valence-electron chi connectivity index (χ4n) is 2.61. The van der Waals surface area contributed by atoms with E-state index in [0.717, 1.165) is 27.2 Å². The van der Waals surface area contributed by atoms with Crippen LogP contribution < -0.4 is 0 Å². The zero-order valence-corrected chi connectivity index (χ0v) is 13.5. The third-order valence-electron chi connectivity index (χ3n) is 3.79. The zero-order valence-electron chi connectivity index (χ0n) is 12.7. The van der Waals surface area contributed by atoms with Crippen molar-refractivity contribution in [3.8, 4) is 11.4 Å². The van der Waals surface area contributed by atoms with Crippen molar-refractivity contribution in [2.45, 2.75) is 10.9 Å². The quantitative estimate of drug-likeness (QED) is 0.575. The van der Waals surface area contributed by atoms with Crippen LogP contribution in [-0.2, 0) is 5.75 Å². The highest BCUT2D eigenvalue weighted by Crippen LogP contribution is 2.31. The number of nitrogens with zero attached hydrogens (tertiary/aromatic N) is 4. The maximum absolute atomic E-state index is 10.00. The number of hydrogen-bond donors (Lipinski definition) is 1. The highest BCUT2D eigenvalue weighted by molar-refractivity contribution is 7.98. The lowest BCUT2D eigenvalue weighted by Gasteiger charge is -2.08. The molecule has 0 radical (unpaired) electrons. The lowest BCUT2D eigenvalue weighted by atomic mass is 10.1. The number of fused-ring (bicyclic) bond motifs is 1. The molecule has 6 heteroatoms. The van der Waals surface area contributed by atoms with Crippen LogP contribution in [0.3, 0.4) is 0 Å². The first kappa shape index (κ1) is 14.7. The molecule has 0 amide bonds. The Bertz CT molecular complexity index is 985. The molecule has 0 spiro atoms. The van der Waals surface area contributed by atoms with Crippen LogP contribution in [0.15, 0.2) is 71.9 Å². The summed E-state index contributed by atoms with van der Waals surface area (Å²) in [6, 6.07) is 21.3. The first-order chi connectivity index (χ1) is 11.8. The molecule has 0 fully saturated rings. The van der Waals surface area contributed by atoms with Gasteiger partial charge < -0.3 is 5.11 Å². The highest BCUT2D eigenvalue weighted by atomic mass is 32.2. The van der Waals surface area contributed by atoms with Crippen LogP contribution >= 0.6 is 11.8 Å². The predicted octanol–water partition coefficient (Wildman–Crippen LogP) is 3.81. The van der Waals surface area contributed by atoms with Crippen molar-refractivity contribution in [3.05, 3.63) is 72.3 Å². The van der Waals surface area contributed by atoms with Gasteiger partial charge in [0.25, 0.3) is 0 Å². The van der Waals surface area contributed by atoms with Crippen LogP contribution in [0.4, 0.5) is 0 Å². The second-order valence-electron chi connectivity index (χ2n) is 5.29. The monoisotopic (exact) mass is 334 g/mol. The topological polar surface area (TPSA) is 63.8 Å². The molecule has 0 bridgehead atoms. The summed E-state index contributed by atoms with van der Waals surface area (Å²) >= 11 is 1.57. The van der Waals surface area contributed by atoms with E-state index >= 15 is 0 Å². The van der Waals surface area contributed by atoms with E-state index in [0.29, 0.717) is 11.5 Å². The van der Waals surface area contributed by atoms with Crippen LogP contribution in [0.5, 0.6) is 5.75 Å². The van der Waals surface area contributed by atoms with E-state index in [1.54, 1.807) is 22.5 Å². The van der Waals surface area contributed by atoms with Gasteiger partial charge in [0.1, 0.15) is 5.75 Å². The molecule has 0 aliphatic carbocycles. The second-order valence-corrected chi connectivity index (χ2v) is 6.23. The Labute approximate surface area is 142 Å². The van der Waals surface area contributed by atoms with E-state index in [4.69, 9.17) is 0 Å². The van der Waals surface area contributed by atoms with Gasteiger partial charge in [-0.05, 0) is 39.6 Å². The second kappa shape index (κ2) is 6.33. The van der Waals surface area contributed by atoms with Gasteiger partial charge in [-0.2, -0.15) is 4.68 Å². The molecule has 0 atom stereocenters. The van der Waals surface area contributed by atoms with Crippen molar-refractivity contribution in [2.24, 2.45) is 0 Å². The number of para-hydroxylation sites is 1. The van der Waals surface area contributed by atoms with Gasteiger partial charge in [0.05, 0.1) is 5.69 Å². The van der Waals surface area contributed by atoms with E-state index in [9.17, 15) is 5.11 Å². The Morgan fingerprint density at radius 2 is 1.62 bits per heavy atom. The molecular weight excluding hydrogens is 320 g/mol. The van der Waals surface area contributed by atoms with Gasteiger partial charge in [0.2, 0.25) is 5.16 Å². The van der Waals surface area contributed by atoms with Gasteiger partial charge >= 0.3 is 0 Å². The third kappa shape index (κ3) is 2.72. The molecule has 24 heavy (non-hydrogen) atoms. The Hall–Kier alpha value is -2.86. The largest absolute Gasteiger partial charge is 0.507 e. The standard InChI is InChI=1S/C18H14N4OS/c23-17-11-10-13(15-8-4-5-9-16(15)17)12-24-18-19-20-21-22(18)14-6-2-1-3-7-14/h1-11,23H,12H2. The summed E-state index contributed by atoms with van der Waals surface area (Å²) in [6.45, 7) is 0. The van der Waals surface area contributed by atoms with Crippen molar-refractivity contribution in [1.29, 1.82) is 0 Å². The van der Waals surface area contributed by atoms with Gasteiger partial charge in [-0.3, -0.25) is 0 Å². The average molecular weight is 334 g/mol. The molecule has 0 aliphatic heterocycles. The summed E-state index contributed by atoms with van der Waals surface area (Å²) < 4.78 is 1.73.